The molecule has 2 rings (SSSR count). The molecule has 1 atom stereocenters. The number of hydrogen-bond donors (Lipinski definition) is 2. The van der Waals surface area contributed by atoms with E-state index >= 15 is 0 Å². The van der Waals surface area contributed by atoms with E-state index in [0.29, 0.717) is 25.6 Å². The van der Waals surface area contributed by atoms with Crippen LogP contribution in [0.25, 0.3) is 0 Å². The minimum Gasteiger partial charge on any atom is -0.317 e. The summed E-state index contributed by atoms with van der Waals surface area (Å²) in [4.78, 5) is 0. The van der Waals surface area contributed by atoms with Crippen LogP contribution in [0.2, 0.25) is 0 Å². The monoisotopic (exact) mass is 311 g/mol. The number of nitrogens with zero attached hydrogens (tertiary/aromatic N) is 1. The zero-order chi connectivity index (χ0) is 15.1. The first kappa shape index (κ1) is 16.4. The molecular formula is C15H25N3O2S. The number of benzene rings is 1. The quantitative estimate of drug-likeness (QED) is 0.799. The van der Waals surface area contributed by atoms with Gasteiger partial charge in [-0.2, -0.15) is 17.4 Å². The summed E-state index contributed by atoms with van der Waals surface area (Å²) >= 11 is 0. The van der Waals surface area contributed by atoms with Crippen molar-refractivity contribution in [1.82, 2.24) is 14.3 Å². The van der Waals surface area contributed by atoms with E-state index in [1.54, 1.807) is 4.31 Å². The van der Waals surface area contributed by atoms with Crippen LogP contribution in [-0.2, 0) is 16.8 Å². The lowest BCUT2D eigenvalue weighted by Crippen LogP contribution is -2.47. The molecule has 0 bridgehead atoms. The molecule has 0 aromatic heterocycles. The second kappa shape index (κ2) is 7.89. The third-order valence-corrected chi connectivity index (χ3v) is 5.33. The predicted octanol–water partition coefficient (Wildman–Crippen LogP) is 1.34. The second-order valence-corrected chi connectivity index (χ2v) is 7.24. The van der Waals surface area contributed by atoms with Crippen molar-refractivity contribution in [2.24, 2.45) is 5.92 Å². The molecule has 2 N–H and O–H groups in total. The van der Waals surface area contributed by atoms with Gasteiger partial charge in [-0.25, -0.2) is 0 Å². The van der Waals surface area contributed by atoms with E-state index in [2.05, 4.69) is 17.0 Å². The van der Waals surface area contributed by atoms with Gasteiger partial charge < -0.3 is 5.32 Å². The van der Waals surface area contributed by atoms with Gasteiger partial charge in [0.25, 0.3) is 10.2 Å². The molecule has 1 aliphatic heterocycles. The van der Waals surface area contributed by atoms with Crippen molar-refractivity contribution in [3.8, 4) is 0 Å². The zero-order valence-electron chi connectivity index (χ0n) is 12.6. The first-order valence-corrected chi connectivity index (χ1v) is 9.05. The smallest absolute Gasteiger partial charge is 0.279 e. The maximum absolute atomic E-state index is 12.4. The van der Waals surface area contributed by atoms with Gasteiger partial charge in [0.05, 0.1) is 0 Å². The van der Waals surface area contributed by atoms with Gasteiger partial charge in [-0.15, -0.1) is 0 Å². The molecule has 1 aromatic carbocycles. The van der Waals surface area contributed by atoms with E-state index in [0.717, 1.165) is 31.5 Å². The van der Waals surface area contributed by atoms with Crippen molar-refractivity contribution < 1.29 is 8.42 Å². The van der Waals surface area contributed by atoms with E-state index in [9.17, 15) is 8.42 Å². The molecule has 1 unspecified atom stereocenters. The Balaban J connectivity index is 1.89. The van der Waals surface area contributed by atoms with Crippen LogP contribution in [0.15, 0.2) is 30.3 Å². The van der Waals surface area contributed by atoms with Crippen LogP contribution in [0.4, 0.5) is 0 Å². The molecule has 0 aliphatic carbocycles. The third-order valence-electron chi connectivity index (χ3n) is 3.81. The van der Waals surface area contributed by atoms with Crippen LogP contribution in [-0.4, -0.2) is 38.9 Å². The molecule has 0 radical (unpaired) electrons. The van der Waals surface area contributed by atoms with Gasteiger partial charge in [-0.1, -0.05) is 37.3 Å². The lowest BCUT2D eigenvalue weighted by atomic mass is 10.00. The number of nitrogens with one attached hydrogen (secondary N) is 2. The van der Waals surface area contributed by atoms with E-state index in [-0.39, 0.29) is 0 Å². The van der Waals surface area contributed by atoms with E-state index < -0.39 is 10.2 Å². The summed E-state index contributed by atoms with van der Waals surface area (Å²) < 4.78 is 29.0. The van der Waals surface area contributed by atoms with Gasteiger partial charge >= 0.3 is 0 Å². The molecule has 1 saturated heterocycles. The van der Waals surface area contributed by atoms with Gasteiger partial charge in [-0.05, 0) is 37.4 Å². The van der Waals surface area contributed by atoms with Crippen molar-refractivity contribution in [1.29, 1.82) is 0 Å². The maximum Gasteiger partial charge on any atom is 0.279 e. The average Bonchev–Trinajstić information content (AvgIpc) is 2.52. The summed E-state index contributed by atoms with van der Waals surface area (Å²) in [5, 5.41) is 3.31. The van der Waals surface area contributed by atoms with Gasteiger partial charge in [0, 0.05) is 19.6 Å². The Labute approximate surface area is 127 Å². The van der Waals surface area contributed by atoms with Crippen molar-refractivity contribution in [3.05, 3.63) is 35.9 Å². The number of hydrogen-bond acceptors (Lipinski definition) is 3. The molecule has 1 aliphatic rings. The SMILES string of the molecule is CCNCC1CCCN(S(=O)(=O)NCc2ccccc2)C1. The highest BCUT2D eigenvalue weighted by molar-refractivity contribution is 7.87. The molecule has 5 nitrogen and oxygen atoms in total. The first-order valence-electron chi connectivity index (χ1n) is 7.61. The largest absolute Gasteiger partial charge is 0.317 e. The van der Waals surface area contributed by atoms with Crippen LogP contribution in [0.5, 0.6) is 0 Å². The third kappa shape index (κ3) is 5.07. The lowest BCUT2D eigenvalue weighted by molar-refractivity contribution is 0.258. The van der Waals surface area contributed by atoms with Gasteiger partial charge in [0.15, 0.2) is 0 Å². The minimum absolute atomic E-state index is 0.345. The molecule has 1 aromatic rings. The molecule has 0 spiro atoms. The zero-order valence-corrected chi connectivity index (χ0v) is 13.4. The van der Waals surface area contributed by atoms with Gasteiger partial charge in [-0.3, -0.25) is 0 Å². The molecule has 118 valence electrons. The van der Waals surface area contributed by atoms with Crippen LogP contribution in [0.3, 0.4) is 0 Å². The number of piperidine rings is 1. The summed E-state index contributed by atoms with van der Waals surface area (Å²) in [5.41, 5.74) is 0.974. The maximum atomic E-state index is 12.4. The Morgan fingerprint density at radius 1 is 1.29 bits per heavy atom. The van der Waals surface area contributed by atoms with Crippen LogP contribution in [0, 0.1) is 5.92 Å². The highest BCUT2D eigenvalue weighted by Crippen LogP contribution is 2.18. The van der Waals surface area contributed by atoms with E-state index in [1.807, 2.05) is 30.3 Å². The molecule has 21 heavy (non-hydrogen) atoms. The molecular weight excluding hydrogens is 286 g/mol. The van der Waals surface area contributed by atoms with Crippen molar-refractivity contribution in [2.75, 3.05) is 26.2 Å². The Kier molecular flexibility index (Phi) is 6.17. The molecule has 1 fully saturated rings. The van der Waals surface area contributed by atoms with Crippen molar-refractivity contribution >= 4 is 10.2 Å². The lowest BCUT2D eigenvalue weighted by Gasteiger charge is -2.32. The summed E-state index contributed by atoms with van der Waals surface area (Å²) in [6, 6.07) is 9.60. The van der Waals surface area contributed by atoms with Crippen molar-refractivity contribution in [2.45, 2.75) is 26.3 Å². The predicted molar refractivity (Wildman–Crippen MR) is 85.0 cm³/mol. The van der Waals surface area contributed by atoms with Gasteiger partial charge in [0.2, 0.25) is 0 Å². The second-order valence-electron chi connectivity index (χ2n) is 5.49. The Hall–Kier alpha value is -0.950. The molecule has 0 amide bonds. The highest BCUT2D eigenvalue weighted by atomic mass is 32.2. The van der Waals surface area contributed by atoms with Crippen molar-refractivity contribution in [3.63, 3.8) is 0 Å². The fourth-order valence-electron chi connectivity index (χ4n) is 2.62. The first-order chi connectivity index (χ1) is 10.1. The minimum atomic E-state index is -3.38. The fraction of sp³-hybridized carbons (Fsp3) is 0.600. The van der Waals surface area contributed by atoms with Crippen LogP contribution in [0.1, 0.15) is 25.3 Å². The molecule has 0 saturated carbocycles. The molecule has 1 heterocycles. The van der Waals surface area contributed by atoms with E-state index in [1.165, 1.54) is 0 Å². The summed E-state index contributed by atoms with van der Waals surface area (Å²) in [6.07, 6.45) is 2.03. The number of rotatable bonds is 7. The Morgan fingerprint density at radius 3 is 2.76 bits per heavy atom. The fourth-order valence-corrected chi connectivity index (χ4v) is 3.93. The van der Waals surface area contributed by atoms with Gasteiger partial charge in [0.1, 0.15) is 0 Å². The molecule has 6 heteroatoms. The highest BCUT2D eigenvalue weighted by Gasteiger charge is 2.28. The summed E-state index contributed by atoms with van der Waals surface area (Å²) in [5.74, 6) is 0.409. The van der Waals surface area contributed by atoms with Crippen LogP contribution >= 0.6 is 0 Å². The Bertz CT molecular complexity index is 519. The normalized spacial score (nSPS) is 20.5. The van der Waals surface area contributed by atoms with Crippen LogP contribution < -0.4 is 10.0 Å². The van der Waals surface area contributed by atoms with E-state index in [4.69, 9.17) is 0 Å². The average molecular weight is 311 g/mol. The summed E-state index contributed by atoms with van der Waals surface area (Å²) in [7, 11) is -3.38. The topological polar surface area (TPSA) is 61.4 Å². The Morgan fingerprint density at radius 2 is 2.05 bits per heavy atom. The summed E-state index contributed by atoms with van der Waals surface area (Å²) in [6.45, 7) is 5.46. The standard InChI is InChI=1S/C15H25N3O2S/c1-2-16-11-15-9-6-10-18(13-15)21(19,20)17-12-14-7-4-3-5-8-14/h3-5,7-8,15-17H,2,6,9-13H2,1H3.